The molecule has 0 rings (SSSR count). The molecule has 8 heavy (non-hydrogen) atoms. The van der Waals surface area contributed by atoms with E-state index in [0.29, 0.717) is 6.26 Å². The van der Waals surface area contributed by atoms with Gasteiger partial charge in [-0.15, -0.1) is 53.4 Å². The zero-order chi connectivity index (χ0) is 4.50. The van der Waals surface area contributed by atoms with Crippen molar-refractivity contribution in [3.05, 3.63) is 0 Å². The first kappa shape index (κ1) is 22.7. The van der Waals surface area contributed by atoms with Crippen molar-refractivity contribution in [2.75, 3.05) is 6.26 Å². The van der Waals surface area contributed by atoms with E-state index in [1.165, 1.54) is 0 Å². The predicted molar refractivity (Wildman–Crippen MR) is 50.5 cm³/mol. The maximum atomic E-state index is 9.19. The van der Waals surface area contributed by atoms with Crippen LogP contribution in [0.25, 0.3) is 0 Å². The topological polar surface area (TPSA) is 54.4 Å². The molecule has 0 heterocycles. The molecule has 0 saturated carbocycles. The van der Waals surface area contributed by atoms with Gasteiger partial charge in [-0.1, -0.05) is 0 Å². The summed E-state index contributed by atoms with van der Waals surface area (Å²) in [5.74, 6) is 0. The highest BCUT2D eigenvalue weighted by Crippen LogP contribution is 1.60. The molecular weight excluding hydrogens is 334 g/mol. The van der Waals surface area contributed by atoms with Crippen LogP contribution in [0.2, 0.25) is 0 Å². The molecule has 7 heteroatoms. The molecule has 0 aliphatic heterocycles. The van der Waals surface area contributed by atoms with Crippen LogP contribution in [0.5, 0.6) is 0 Å². The van der Waals surface area contributed by atoms with Crippen LogP contribution >= 0.6 is 53.4 Å². The van der Waals surface area contributed by atoms with E-state index in [0.717, 1.165) is 0 Å². The lowest BCUT2D eigenvalue weighted by molar-refractivity contribution is 0.490. The number of hydrogen-bond donors (Lipinski definition) is 1. The van der Waals surface area contributed by atoms with Gasteiger partial charge in [-0.25, -0.2) is 0 Å². The Morgan fingerprint density at radius 2 is 1.38 bits per heavy atom. The van der Waals surface area contributed by atoms with E-state index >= 15 is 0 Å². The second-order valence-corrected chi connectivity index (χ2v) is 2.20. The van der Waals surface area contributed by atoms with Crippen LogP contribution in [-0.4, -0.2) is 19.2 Å². The average molecular weight is 341 g/mol. The summed E-state index contributed by atoms with van der Waals surface area (Å²) in [5.41, 5.74) is 0. The molecule has 0 fully saturated rings. The number of halogens is 3. The fourth-order valence-corrected chi connectivity index (χ4v) is 0. The van der Waals surface area contributed by atoms with Crippen molar-refractivity contribution in [2.24, 2.45) is 0 Å². The van der Waals surface area contributed by atoms with Crippen LogP contribution < -0.4 is 0 Å². The van der Waals surface area contributed by atoms with Gasteiger partial charge in [0.25, 0.3) is 10.1 Å². The zero-order valence-corrected chi connectivity index (χ0v) is 9.57. The number of rotatable bonds is 0. The molecular formula is CH7BrClIO3S. The van der Waals surface area contributed by atoms with Crippen molar-refractivity contribution >= 4 is 63.5 Å². The van der Waals surface area contributed by atoms with Crippen LogP contribution in [-0.2, 0) is 10.1 Å². The summed E-state index contributed by atoms with van der Waals surface area (Å²) in [4.78, 5) is 0. The highest BCUT2D eigenvalue weighted by atomic mass is 127. The largest absolute Gasteiger partial charge is 0.286 e. The lowest BCUT2D eigenvalue weighted by Gasteiger charge is -1.69. The van der Waals surface area contributed by atoms with Crippen LogP contribution in [0.4, 0.5) is 0 Å². The van der Waals surface area contributed by atoms with E-state index in [9.17, 15) is 8.42 Å². The van der Waals surface area contributed by atoms with Gasteiger partial charge in [0.2, 0.25) is 0 Å². The molecule has 56 valence electrons. The van der Waals surface area contributed by atoms with Gasteiger partial charge in [0.1, 0.15) is 0 Å². The Hall–Kier alpha value is 1.41. The Morgan fingerprint density at radius 3 is 1.38 bits per heavy atom. The first-order valence-electron chi connectivity index (χ1n) is 0.924. The molecule has 0 bridgehead atoms. The van der Waals surface area contributed by atoms with Gasteiger partial charge in [-0.2, -0.15) is 8.42 Å². The number of hydrogen-bond acceptors (Lipinski definition) is 2. The minimum absolute atomic E-state index is 0. The van der Waals surface area contributed by atoms with Gasteiger partial charge < -0.3 is 0 Å². The highest BCUT2D eigenvalue weighted by molar-refractivity contribution is 14.0. The van der Waals surface area contributed by atoms with Gasteiger partial charge in [0, 0.05) is 0 Å². The Bertz CT molecular complexity index is 102. The summed E-state index contributed by atoms with van der Waals surface area (Å²) in [6, 6.07) is 0. The second-order valence-electron chi connectivity index (χ2n) is 0.733. The first-order valence-corrected chi connectivity index (χ1v) is 2.77. The molecule has 0 aromatic carbocycles. The van der Waals surface area contributed by atoms with Crippen LogP contribution in [0.15, 0.2) is 0 Å². The van der Waals surface area contributed by atoms with E-state index in [-0.39, 0.29) is 53.4 Å². The van der Waals surface area contributed by atoms with Gasteiger partial charge in [-0.05, 0) is 0 Å². The monoisotopic (exact) mass is 340 g/mol. The third kappa shape index (κ3) is 153. The molecule has 0 aliphatic carbocycles. The summed E-state index contributed by atoms with van der Waals surface area (Å²) in [5, 5.41) is 0. The fourth-order valence-electron chi connectivity index (χ4n) is 0. The summed E-state index contributed by atoms with van der Waals surface area (Å²) in [6.07, 6.45) is 0.715. The van der Waals surface area contributed by atoms with Gasteiger partial charge >= 0.3 is 0 Å². The van der Waals surface area contributed by atoms with E-state index in [2.05, 4.69) is 0 Å². The van der Waals surface area contributed by atoms with Crippen molar-refractivity contribution in [1.29, 1.82) is 0 Å². The second kappa shape index (κ2) is 8.41. The summed E-state index contributed by atoms with van der Waals surface area (Å²) < 4.78 is 25.9. The molecule has 0 radical (unpaired) electrons. The third-order valence-electron chi connectivity index (χ3n) is 0. The minimum Gasteiger partial charge on any atom is -0.286 e. The third-order valence-corrected chi connectivity index (χ3v) is 0. The molecule has 0 saturated heterocycles. The first-order chi connectivity index (χ1) is 2.00. The fraction of sp³-hybridized carbons (Fsp3) is 1.00. The van der Waals surface area contributed by atoms with Crippen LogP contribution in [0.1, 0.15) is 0 Å². The van der Waals surface area contributed by atoms with E-state index in [1.807, 2.05) is 0 Å². The van der Waals surface area contributed by atoms with Gasteiger partial charge in [0.15, 0.2) is 0 Å². The molecule has 0 aliphatic rings. The predicted octanol–water partition coefficient (Wildman–Crippen LogP) is 1.12. The van der Waals surface area contributed by atoms with Crippen LogP contribution in [0.3, 0.4) is 0 Å². The molecule has 0 amide bonds. The summed E-state index contributed by atoms with van der Waals surface area (Å²) in [7, 11) is -3.67. The standard InChI is InChI=1S/CH4O3S.BrH.ClH.HI/c1-5(2,3)4;;;/h1H3,(H,2,3,4);3*1H. The van der Waals surface area contributed by atoms with Gasteiger partial charge in [-0.3, -0.25) is 4.55 Å². The smallest absolute Gasteiger partial charge is 0.261 e. The van der Waals surface area contributed by atoms with E-state index in [1.54, 1.807) is 0 Å². The van der Waals surface area contributed by atoms with E-state index < -0.39 is 10.1 Å². The quantitative estimate of drug-likeness (QED) is 0.531. The summed E-state index contributed by atoms with van der Waals surface area (Å²) in [6.45, 7) is 0. The molecule has 0 aromatic heterocycles. The lowest BCUT2D eigenvalue weighted by atomic mass is 12.0. The Labute approximate surface area is 82.2 Å². The Balaban J connectivity index is -0.0000000267. The maximum Gasteiger partial charge on any atom is 0.261 e. The molecule has 0 spiro atoms. The maximum absolute atomic E-state index is 9.19. The Morgan fingerprint density at radius 1 is 1.38 bits per heavy atom. The zero-order valence-electron chi connectivity index (χ0n) is 3.90. The van der Waals surface area contributed by atoms with Gasteiger partial charge in [0.05, 0.1) is 6.26 Å². The highest BCUT2D eigenvalue weighted by Gasteiger charge is 1.81. The molecule has 0 aromatic rings. The average Bonchev–Trinajstić information content (AvgIpc) is 0.722. The molecule has 0 atom stereocenters. The van der Waals surface area contributed by atoms with Crippen LogP contribution in [0, 0.1) is 0 Å². The normalized spacial score (nSPS) is 7.25. The molecule has 3 nitrogen and oxygen atoms in total. The Kier molecular flexibility index (Phi) is 23.9. The van der Waals surface area contributed by atoms with E-state index in [4.69, 9.17) is 4.55 Å². The molecule has 1 N–H and O–H groups in total. The van der Waals surface area contributed by atoms with Crippen molar-refractivity contribution < 1.29 is 13.0 Å². The lowest BCUT2D eigenvalue weighted by Crippen LogP contribution is -1.88. The molecule has 0 unspecified atom stereocenters. The van der Waals surface area contributed by atoms with Crippen molar-refractivity contribution in [2.45, 2.75) is 0 Å². The van der Waals surface area contributed by atoms with Crippen molar-refractivity contribution in [1.82, 2.24) is 0 Å². The van der Waals surface area contributed by atoms with Crippen molar-refractivity contribution in [3.8, 4) is 0 Å². The SMILES string of the molecule is Br.CS(=O)(=O)O.Cl.I. The summed E-state index contributed by atoms with van der Waals surface area (Å²) >= 11 is 0. The minimum atomic E-state index is -3.67. The van der Waals surface area contributed by atoms with Crippen molar-refractivity contribution in [3.63, 3.8) is 0 Å².